The number of hydrogen-bond donors (Lipinski definition) is 1. The first kappa shape index (κ1) is 12.0. The summed E-state index contributed by atoms with van der Waals surface area (Å²) in [5.41, 5.74) is 0. The van der Waals surface area contributed by atoms with Crippen molar-refractivity contribution in [2.24, 2.45) is 11.8 Å². The van der Waals surface area contributed by atoms with Crippen LogP contribution >= 0.6 is 0 Å². The van der Waals surface area contributed by atoms with Crippen LogP contribution in [0.15, 0.2) is 0 Å². The van der Waals surface area contributed by atoms with Crippen LogP contribution in [0.1, 0.15) is 47.0 Å². The molecular formula is C11H25N. The van der Waals surface area contributed by atoms with Crippen LogP contribution in [0.4, 0.5) is 0 Å². The van der Waals surface area contributed by atoms with Crippen molar-refractivity contribution in [3.8, 4) is 0 Å². The molecule has 1 nitrogen and oxygen atoms in total. The van der Waals surface area contributed by atoms with Gasteiger partial charge >= 0.3 is 0 Å². The molecule has 0 aromatic heterocycles. The third-order valence-corrected chi connectivity index (χ3v) is 3.04. The van der Waals surface area contributed by atoms with Crippen LogP contribution in [-0.4, -0.2) is 13.1 Å². The highest BCUT2D eigenvalue weighted by Gasteiger charge is 2.19. The van der Waals surface area contributed by atoms with Crippen LogP contribution < -0.4 is 5.32 Å². The van der Waals surface area contributed by atoms with Gasteiger partial charge in [-0.1, -0.05) is 40.0 Å². The molecule has 0 rings (SSSR count). The van der Waals surface area contributed by atoms with Gasteiger partial charge in [0.05, 0.1) is 0 Å². The zero-order valence-electron chi connectivity index (χ0n) is 9.35. The lowest BCUT2D eigenvalue weighted by molar-refractivity contribution is 0.262. The van der Waals surface area contributed by atoms with Gasteiger partial charge in [0.1, 0.15) is 0 Å². The lowest BCUT2D eigenvalue weighted by Crippen LogP contribution is -2.34. The Morgan fingerprint density at radius 3 is 2.08 bits per heavy atom. The van der Waals surface area contributed by atoms with Gasteiger partial charge in [0.25, 0.3) is 0 Å². The molecule has 0 amide bonds. The van der Waals surface area contributed by atoms with E-state index >= 15 is 0 Å². The van der Waals surface area contributed by atoms with Gasteiger partial charge in [-0.05, 0) is 25.8 Å². The van der Waals surface area contributed by atoms with E-state index in [-0.39, 0.29) is 0 Å². The number of nitrogens with one attached hydrogen (secondary N) is 1. The maximum Gasteiger partial charge on any atom is 0.00664 e. The van der Waals surface area contributed by atoms with E-state index in [4.69, 9.17) is 0 Å². The van der Waals surface area contributed by atoms with Gasteiger partial charge in [0.2, 0.25) is 0 Å². The largest absolute Gasteiger partial charge is 0.317 e. The molecule has 0 saturated heterocycles. The minimum Gasteiger partial charge on any atom is -0.317 e. The summed E-state index contributed by atoms with van der Waals surface area (Å²) in [7, 11) is 2.06. The Labute approximate surface area is 77.9 Å². The Hall–Kier alpha value is -0.0400. The van der Waals surface area contributed by atoms with Crippen LogP contribution in [0.25, 0.3) is 0 Å². The molecule has 0 fully saturated rings. The van der Waals surface area contributed by atoms with E-state index in [2.05, 4.69) is 40.1 Å². The molecule has 1 N–H and O–H groups in total. The first-order valence-corrected chi connectivity index (χ1v) is 5.34. The fraction of sp³-hybridized carbons (Fsp3) is 1.00. The predicted octanol–water partition coefficient (Wildman–Crippen LogP) is 3.06. The molecule has 0 aliphatic heterocycles. The quantitative estimate of drug-likeness (QED) is 0.647. The molecule has 3 atom stereocenters. The summed E-state index contributed by atoms with van der Waals surface area (Å²) < 4.78 is 0. The van der Waals surface area contributed by atoms with Crippen LogP contribution in [0.2, 0.25) is 0 Å². The maximum absolute atomic E-state index is 3.36. The zero-order valence-corrected chi connectivity index (χ0v) is 9.35. The molecule has 74 valence electrons. The predicted molar refractivity (Wildman–Crippen MR) is 56.4 cm³/mol. The maximum atomic E-state index is 3.36. The van der Waals surface area contributed by atoms with Crippen molar-refractivity contribution >= 4 is 0 Å². The van der Waals surface area contributed by atoms with Crippen molar-refractivity contribution in [1.82, 2.24) is 5.32 Å². The van der Waals surface area contributed by atoms with E-state index in [0.29, 0.717) is 6.04 Å². The molecule has 0 aromatic rings. The summed E-state index contributed by atoms with van der Waals surface area (Å²) in [5, 5.41) is 3.36. The number of hydrogen-bond acceptors (Lipinski definition) is 1. The van der Waals surface area contributed by atoms with Crippen molar-refractivity contribution < 1.29 is 0 Å². The van der Waals surface area contributed by atoms with Crippen molar-refractivity contribution in [3.63, 3.8) is 0 Å². The van der Waals surface area contributed by atoms with E-state index in [9.17, 15) is 0 Å². The Morgan fingerprint density at radius 1 is 1.17 bits per heavy atom. The average Bonchev–Trinajstić information content (AvgIpc) is 2.06. The Morgan fingerprint density at radius 2 is 1.75 bits per heavy atom. The number of rotatable bonds is 6. The fourth-order valence-electron chi connectivity index (χ4n) is 2.13. The SMILES string of the molecule is CCCC(C)C(CC)C(C)NC. The van der Waals surface area contributed by atoms with Gasteiger partial charge in [-0.15, -0.1) is 0 Å². The second kappa shape index (κ2) is 6.47. The smallest absolute Gasteiger partial charge is 0.00664 e. The summed E-state index contributed by atoms with van der Waals surface area (Å²) >= 11 is 0. The van der Waals surface area contributed by atoms with Crippen molar-refractivity contribution in [1.29, 1.82) is 0 Å². The molecule has 1 heteroatoms. The van der Waals surface area contributed by atoms with Crippen LogP contribution in [0, 0.1) is 11.8 Å². The highest BCUT2D eigenvalue weighted by molar-refractivity contribution is 4.74. The van der Waals surface area contributed by atoms with Crippen molar-refractivity contribution in [2.75, 3.05) is 7.05 Å². The van der Waals surface area contributed by atoms with Gasteiger partial charge in [0.15, 0.2) is 0 Å². The normalized spacial score (nSPS) is 18.8. The van der Waals surface area contributed by atoms with Gasteiger partial charge in [0, 0.05) is 6.04 Å². The molecule has 0 bridgehead atoms. The molecule has 0 aliphatic rings. The molecule has 0 spiro atoms. The molecule has 0 heterocycles. The summed E-state index contributed by atoms with van der Waals surface area (Å²) in [4.78, 5) is 0. The van der Waals surface area contributed by atoms with Gasteiger partial charge in [-0.2, -0.15) is 0 Å². The van der Waals surface area contributed by atoms with Crippen molar-refractivity contribution in [3.05, 3.63) is 0 Å². The van der Waals surface area contributed by atoms with Gasteiger partial charge in [-0.3, -0.25) is 0 Å². The molecule has 0 radical (unpaired) electrons. The third-order valence-electron chi connectivity index (χ3n) is 3.04. The molecule has 3 unspecified atom stereocenters. The molecular weight excluding hydrogens is 146 g/mol. The van der Waals surface area contributed by atoms with E-state index in [0.717, 1.165) is 11.8 Å². The topological polar surface area (TPSA) is 12.0 Å². The molecule has 0 aliphatic carbocycles. The van der Waals surface area contributed by atoms with Gasteiger partial charge < -0.3 is 5.32 Å². The Balaban J connectivity index is 3.94. The highest BCUT2D eigenvalue weighted by atomic mass is 14.9. The standard InChI is InChI=1S/C11H25N/c1-6-8-9(3)11(7-2)10(4)12-5/h9-12H,6-8H2,1-5H3. The van der Waals surface area contributed by atoms with Crippen LogP contribution in [-0.2, 0) is 0 Å². The highest BCUT2D eigenvalue weighted by Crippen LogP contribution is 2.23. The van der Waals surface area contributed by atoms with Crippen LogP contribution in [0.5, 0.6) is 0 Å². The molecule has 0 saturated carbocycles. The van der Waals surface area contributed by atoms with E-state index in [1.807, 2.05) is 0 Å². The summed E-state index contributed by atoms with van der Waals surface area (Å²) in [5.74, 6) is 1.71. The third kappa shape index (κ3) is 3.57. The molecule has 12 heavy (non-hydrogen) atoms. The van der Waals surface area contributed by atoms with E-state index < -0.39 is 0 Å². The fourth-order valence-corrected chi connectivity index (χ4v) is 2.13. The lowest BCUT2D eigenvalue weighted by atomic mass is 9.83. The minimum absolute atomic E-state index is 0.663. The summed E-state index contributed by atoms with van der Waals surface area (Å²) in [6, 6.07) is 0.663. The first-order chi connectivity index (χ1) is 5.67. The summed E-state index contributed by atoms with van der Waals surface area (Å²) in [6.07, 6.45) is 3.97. The zero-order chi connectivity index (χ0) is 9.56. The minimum atomic E-state index is 0.663. The summed E-state index contributed by atoms with van der Waals surface area (Å²) in [6.45, 7) is 9.24. The second-order valence-corrected chi connectivity index (χ2v) is 3.92. The van der Waals surface area contributed by atoms with E-state index in [1.54, 1.807) is 0 Å². The monoisotopic (exact) mass is 171 g/mol. The van der Waals surface area contributed by atoms with Crippen LogP contribution in [0.3, 0.4) is 0 Å². The van der Waals surface area contributed by atoms with E-state index in [1.165, 1.54) is 19.3 Å². The van der Waals surface area contributed by atoms with Crippen molar-refractivity contribution in [2.45, 2.75) is 53.0 Å². The Bertz CT molecular complexity index is 101. The van der Waals surface area contributed by atoms with Gasteiger partial charge in [-0.25, -0.2) is 0 Å². The first-order valence-electron chi connectivity index (χ1n) is 5.34. The average molecular weight is 171 g/mol. The Kier molecular flexibility index (Phi) is 6.45. The molecule has 0 aromatic carbocycles. The second-order valence-electron chi connectivity index (χ2n) is 3.92. The lowest BCUT2D eigenvalue weighted by Gasteiger charge is -2.28.